The number of nitrogens with one attached hydrogen (secondary N) is 2. The van der Waals surface area contributed by atoms with Gasteiger partial charge in [-0.3, -0.25) is 5.32 Å². The van der Waals surface area contributed by atoms with Crippen molar-refractivity contribution in [3.8, 4) is 0 Å². The van der Waals surface area contributed by atoms with Crippen LogP contribution in [0.1, 0.15) is 11.5 Å². The van der Waals surface area contributed by atoms with Gasteiger partial charge in [-0.2, -0.15) is 4.98 Å². The summed E-state index contributed by atoms with van der Waals surface area (Å²) in [6.45, 7) is 3.58. The van der Waals surface area contributed by atoms with Crippen LogP contribution in [0.2, 0.25) is 5.02 Å². The summed E-state index contributed by atoms with van der Waals surface area (Å²) in [5, 5.41) is 5.68. The van der Waals surface area contributed by atoms with Crippen molar-refractivity contribution in [2.45, 2.75) is 13.8 Å². The van der Waals surface area contributed by atoms with Crippen LogP contribution in [0.5, 0.6) is 0 Å². The third-order valence-corrected chi connectivity index (χ3v) is 2.57. The molecule has 0 saturated heterocycles. The van der Waals surface area contributed by atoms with Gasteiger partial charge >= 0.3 is 12.0 Å². The zero-order valence-electron chi connectivity index (χ0n) is 9.95. The second-order valence-corrected chi connectivity index (χ2v) is 4.19. The van der Waals surface area contributed by atoms with Gasteiger partial charge < -0.3 is 9.73 Å². The quantitative estimate of drug-likeness (QED) is 0.872. The van der Waals surface area contributed by atoms with Crippen molar-refractivity contribution in [1.82, 2.24) is 4.98 Å². The number of aryl methyl sites for hydroxylation is 2. The monoisotopic (exact) mass is 265 g/mol. The maximum atomic E-state index is 11.6. The van der Waals surface area contributed by atoms with Gasteiger partial charge in [0.05, 0.1) is 5.69 Å². The summed E-state index contributed by atoms with van der Waals surface area (Å²) in [5.41, 5.74) is 1.34. The predicted molar refractivity (Wildman–Crippen MR) is 70.1 cm³/mol. The molecule has 94 valence electrons. The highest BCUT2D eigenvalue weighted by Crippen LogP contribution is 2.16. The number of halogens is 1. The van der Waals surface area contributed by atoms with Crippen LogP contribution < -0.4 is 10.6 Å². The van der Waals surface area contributed by atoms with E-state index < -0.39 is 6.03 Å². The van der Waals surface area contributed by atoms with E-state index in [2.05, 4.69) is 15.6 Å². The Hall–Kier alpha value is -2.01. The number of aromatic nitrogens is 1. The molecule has 0 aliphatic carbocycles. The second kappa shape index (κ2) is 5.10. The molecule has 1 heterocycles. The fourth-order valence-electron chi connectivity index (χ4n) is 1.35. The van der Waals surface area contributed by atoms with Crippen LogP contribution in [0.25, 0.3) is 0 Å². The number of hydrogen-bond donors (Lipinski definition) is 2. The maximum Gasteiger partial charge on any atom is 0.327 e. The Morgan fingerprint density at radius 3 is 2.72 bits per heavy atom. The molecule has 0 atom stereocenters. The van der Waals surface area contributed by atoms with Gasteiger partial charge in [0, 0.05) is 10.7 Å². The molecule has 0 aliphatic heterocycles. The number of oxazole rings is 1. The lowest BCUT2D eigenvalue weighted by Crippen LogP contribution is -2.19. The van der Waals surface area contributed by atoms with Gasteiger partial charge in [0.15, 0.2) is 0 Å². The van der Waals surface area contributed by atoms with Crippen molar-refractivity contribution < 1.29 is 9.21 Å². The Morgan fingerprint density at radius 1 is 1.33 bits per heavy atom. The van der Waals surface area contributed by atoms with E-state index in [4.69, 9.17) is 16.0 Å². The summed E-state index contributed by atoms with van der Waals surface area (Å²) in [7, 11) is 0. The van der Waals surface area contributed by atoms with Gasteiger partial charge in [-0.05, 0) is 32.0 Å². The third-order valence-electron chi connectivity index (χ3n) is 2.33. The highest BCUT2D eigenvalue weighted by molar-refractivity contribution is 6.30. The van der Waals surface area contributed by atoms with E-state index in [-0.39, 0.29) is 6.01 Å². The number of carbonyl (C=O) groups is 1. The lowest BCUT2D eigenvalue weighted by Gasteiger charge is -2.04. The van der Waals surface area contributed by atoms with E-state index >= 15 is 0 Å². The molecule has 0 radical (unpaired) electrons. The van der Waals surface area contributed by atoms with Gasteiger partial charge in [0.25, 0.3) is 0 Å². The third kappa shape index (κ3) is 3.01. The minimum absolute atomic E-state index is 0.171. The molecule has 2 N–H and O–H groups in total. The van der Waals surface area contributed by atoms with Crippen LogP contribution >= 0.6 is 11.6 Å². The summed E-state index contributed by atoms with van der Waals surface area (Å²) in [6, 6.07) is 6.59. The summed E-state index contributed by atoms with van der Waals surface area (Å²) in [5.74, 6) is 0.674. The number of nitrogens with zero attached hydrogens (tertiary/aromatic N) is 1. The lowest BCUT2D eigenvalue weighted by molar-refractivity contribution is 0.261. The molecule has 0 fully saturated rings. The normalized spacial score (nSPS) is 10.2. The first-order valence-corrected chi connectivity index (χ1v) is 5.70. The number of anilines is 2. The predicted octanol–water partition coefficient (Wildman–Crippen LogP) is 3.59. The zero-order chi connectivity index (χ0) is 13.1. The van der Waals surface area contributed by atoms with Crippen molar-refractivity contribution >= 4 is 29.3 Å². The van der Waals surface area contributed by atoms with E-state index in [0.29, 0.717) is 16.5 Å². The molecule has 1 aromatic carbocycles. The number of urea groups is 1. The zero-order valence-corrected chi connectivity index (χ0v) is 10.7. The van der Waals surface area contributed by atoms with Crippen molar-refractivity contribution in [2.75, 3.05) is 10.6 Å². The lowest BCUT2D eigenvalue weighted by atomic mass is 10.3. The fourth-order valence-corrected chi connectivity index (χ4v) is 1.54. The summed E-state index contributed by atoms with van der Waals surface area (Å²) >= 11 is 5.81. The molecule has 0 saturated carbocycles. The Balaban J connectivity index is 2.01. The highest BCUT2D eigenvalue weighted by atomic mass is 35.5. The molecule has 0 spiro atoms. The van der Waals surface area contributed by atoms with Gasteiger partial charge in [-0.15, -0.1) is 0 Å². The second-order valence-electron chi connectivity index (χ2n) is 3.75. The van der Waals surface area contributed by atoms with Gasteiger partial charge in [-0.25, -0.2) is 4.79 Å². The SMILES string of the molecule is Cc1nc(NC(=O)Nc2cccc(Cl)c2)oc1C. The molecule has 0 bridgehead atoms. The molecule has 2 amide bonds. The molecule has 18 heavy (non-hydrogen) atoms. The smallest absolute Gasteiger partial charge is 0.327 e. The topological polar surface area (TPSA) is 67.2 Å². The van der Waals surface area contributed by atoms with Crippen LogP contribution in [0.3, 0.4) is 0 Å². The van der Waals surface area contributed by atoms with Gasteiger partial charge in [0.2, 0.25) is 0 Å². The molecule has 6 heteroatoms. The van der Waals surface area contributed by atoms with Crippen LogP contribution in [-0.2, 0) is 0 Å². The van der Waals surface area contributed by atoms with Crippen LogP contribution in [0.4, 0.5) is 16.5 Å². The molecule has 5 nitrogen and oxygen atoms in total. The average Bonchev–Trinajstić information content (AvgIpc) is 2.57. The Morgan fingerprint density at radius 2 is 2.11 bits per heavy atom. The molecule has 0 unspecified atom stereocenters. The number of carbonyl (C=O) groups excluding carboxylic acids is 1. The van der Waals surface area contributed by atoms with Gasteiger partial charge in [0.1, 0.15) is 5.76 Å². The largest absolute Gasteiger partial charge is 0.428 e. The highest BCUT2D eigenvalue weighted by Gasteiger charge is 2.09. The first-order valence-electron chi connectivity index (χ1n) is 5.32. The minimum atomic E-state index is -0.432. The van der Waals surface area contributed by atoms with Crippen molar-refractivity contribution in [1.29, 1.82) is 0 Å². The van der Waals surface area contributed by atoms with E-state index in [1.165, 1.54) is 0 Å². The molecule has 2 aromatic rings. The van der Waals surface area contributed by atoms with Crippen LogP contribution in [0.15, 0.2) is 28.7 Å². The number of benzene rings is 1. The van der Waals surface area contributed by atoms with Crippen molar-refractivity contribution in [2.24, 2.45) is 0 Å². The van der Waals surface area contributed by atoms with Crippen molar-refractivity contribution in [3.63, 3.8) is 0 Å². The molecular formula is C12H12ClN3O2. The summed E-state index contributed by atoms with van der Waals surface area (Å²) < 4.78 is 5.24. The molecule has 0 aliphatic rings. The standard InChI is InChI=1S/C12H12ClN3O2/c1-7-8(2)18-12(14-7)16-11(17)15-10-5-3-4-9(13)6-10/h3-6H,1-2H3,(H2,14,15,16,17). The van der Waals surface area contributed by atoms with E-state index in [1.54, 1.807) is 38.1 Å². The molecular weight excluding hydrogens is 254 g/mol. The van der Waals surface area contributed by atoms with E-state index in [0.717, 1.165) is 5.69 Å². The van der Waals surface area contributed by atoms with E-state index in [1.807, 2.05) is 0 Å². The Bertz CT molecular complexity index is 561. The number of amides is 2. The average molecular weight is 266 g/mol. The number of rotatable bonds is 2. The first-order chi connectivity index (χ1) is 8.54. The summed E-state index contributed by atoms with van der Waals surface area (Å²) in [6.07, 6.45) is 0. The fraction of sp³-hybridized carbons (Fsp3) is 0.167. The van der Waals surface area contributed by atoms with Gasteiger partial charge in [-0.1, -0.05) is 17.7 Å². The Kier molecular flexibility index (Phi) is 3.53. The number of hydrogen-bond acceptors (Lipinski definition) is 3. The molecule has 1 aromatic heterocycles. The maximum absolute atomic E-state index is 11.6. The van der Waals surface area contributed by atoms with Crippen molar-refractivity contribution in [3.05, 3.63) is 40.7 Å². The minimum Gasteiger partial charge on any atom is -0.428 e. The van der Waals surface area contributed by atoms with Crippen LogP contribution in [-0.4, -0.2) is 11.0 Å². The molecule has 2 rings (SSSR count). The summed E-state index contributed by atoms with van der Waals surface area (Å²) in [4.78, 5) is 15.7. The van der Waals surface area contributed by atoms with E-state index in [9.17, 15) is 4.79 Å². The first kappa shape index (κ1) is 12.4. The van der Waals surface area contributed by atoms with Crippen LogP contribution in [0, 0.1) is 13.8 Å². The Labute approximate surface area is 109 Å².